The van der Waals surface area contributed by atoms with Crippen molar-refractivity contribution in [3.8, 4) is 0 Å². The molecule has 0 radical (unpaired) electrons. The van der Waals surface area contributed by atoms with Gasteiger partial charge in [0, 0.05) is 19.3 Å². The van der Waals surface area contributed by atoms with Gasteiger partial charge in [0.15, 0.2) is 12.1 Å². The molecule has 8 heteroatoms. The molecule has 0 aromatic heterocycles. The van der Waals surface area contributed by atoms with Gasteiger partial charge in [-0.05, 0) is 70.6 Å². The number of unbranched alkanes of at least 4 members (excludes halogenated alkanes) is 23. The van der Waals surface area contributed by atoms with Crippen LogP contribution in [0.15, 0.2) is 48.6 Å². The quantitative estimate of drug-likeness (QED) is 0.0282. The molecule has 0 heterocycles. The van der Waals surface area contributed by atoms with Crippen LogP contribution >= 0.6 is 0 Å². The van der Waals surface area contributed by atoms with Crippen molar-refractivity contribution in [2.45, 2.75) is 231 Å². The number of nitrogens with zero attached hydrogens (tertiary/aromatic N) is 1. The molecule has 1 N–H and O–H groups in total. The summed E-state index contributed by atoms with van der Waals surface area (Å²) in [6, 6.07) is -0.617. The molecule has 2 atom stereocenters. The number of carbonyl (C=O) groups is 3. The second-order valence-corrected chi connectivity index (χ2v) is 18.0. The minimum absolute atomic E-state index is 0.0551. The lowest BCUT2D eigenvalue weighted by Gasteiger charge is -2.31. The first-order valence-electron chi connectivity index (χ1n) is 25.2. The maximum Gasteiger partial charge on any atom is 0.362 e. The number of allylic oxidation sites excluding steroid dienone is 8. The van der Waals surface area contributed by atoms with E-state index in [-0.39, 0.29) is 36.2 Å². The van der Waals surface area contributed by atoms with Gasteiger partial charge in [-0.15, -0.1) is 0 Å². The molecule has 2 unspecified atom stereocenters. The SMILES string of the molecule is CC/C=C/C/C=C/C/C=C/CCCCCCCCCCCCCC(=O)OCC(COCCC(C(=O)O)[N+](C)(C)C)OC(=O)CCCCCCC/C=C/CCCCCCCCC. The summed E-state index contributed by atoms with van der Waals surface area (Å²) in [4.78, 5) is 37.1. The average molecular weight is 859 g/mol. The second kappa shape index (κ2) is 43.9. The van der Waals surface area contributed by atoms with E-state index in [4.69, 9.17) is 14.2 Å². The summed E-state index contributed by atoms with van der Waals surface area (Å²) < 4.78 is 17.3. The van der Waals surface area contributed by atoms with E-state index in [0.29, 0.717) is 19.3 Å². The molecule has 0 aromatic rings. The normalized spacial score (nSPS) is 13.3. The zero-order valence-corrected chi connectivity index (χ0v) is 40.4. The molecular formula is C53H96NO7+. The highest BCUT2D eigenvalue weighted by Gasteiger charge is 2.31. The number of carbonyl (C=O) groups excluding carboxylic acids is 2. The molecule has 354 valence electrons. The first-order chi connectivity index (χ1) is 29.6. The Morgan fingerprint density at radius 3 is 1.38 bits per heavy atom. The van der Waals surface area contributed by atoms with Crippen LogP contribution in [0.3, 0.4) is 0 Å². The van der Waals surface area contributed by atoms with E-state index in [0.717, 1.165) is 70.6 Å². The number of hydrogen-bond donors (Lipinski definition) is 1. The van der Waals surface area contributed by atoms with Gasteiger partial charge in [0.05, 0.1) is 34.4 Å². The molecule has 8 nitrogen and oxygen atoms in total. The molecule has 0 bridgehead atoms. The molecule has 0 aliphatic carbocycles. The number of carboxylic acid groups (broad SMARTS) is 1. The highest BCUT2D eigenvalue weighted by atomic mass is 16.6. The Morgan fingerprint density at radius 2 is 0.918 bits per heavy atom. The van der Waals surface area contributed by atoms with E-state index in [1.807, 2.05) is 21.1 Å². The lowest BCUT2D eigenvalue weighted by molar-refractivity contribution is -0.887. The fraction of sp³-hybridized carbons (Fsp3) is 0.792. The van der Waals surface area contributed by atoms with Gasteiger partial charge in [-0.25, -0.2) is 4.79 Å². The summed E-state index contributed by atoms with van der Waals surface area (Å²) in [5, 5.41) is 9.65. The van der Waals surface area contributed by atoms with Gasteiger partial charge in [0.1, 0.15) is 6.61 Å². The third-order valence-electron chi connectivity index (χ3n) is 11.2. The summed E-state index contributed by atoms with van der Waals surface area (Å²) >= 11 is 0. The number of ether oxygens (including phenoxy) is 3. The Labute approximate surface area is 376 Å². The van der Waals surface area contributed by atoms with Crippen molar-refractivity contribution in [3.05, 3.63) is 48.6 Å². The summed E-state index contributed by atoms with van der Waals surface area (Å²) in [6.07, 6.45) is 53.0. The minimum Gasteiger partial charge on any atom is -0.477 e. The van der Waals surface area contributed by atoms with Crippen molar-refractivity contribution in [1.29, 1.82) is 0 Å². The summed E-state index contributed by atoms with van der Waals surface area (Å²) in [7, 11) is 5.53. The number of aliphatic carboxylic acids is 1. The Kier molecular flexibility index (Phi) is 42.0. The number of carboxylic acids is 1. The fourth-order valence-electron chi connectivity index (χ4n) is 7.34. The van der Waals surface area contributed by atoms with E-state index >= 15 is 0 Å². The van der Waals surface area contributed by atoms with Crippen molar-refractivity contribution in [2.24, 2.45) is 0 Å². The highest BCUT2D eigenvalue weighted by Crippen LogP contribution is 2.15. The number of esters is 2. The third-order valence-corrected chi connectivity index (χ3v) is 11.2. The predicted molar refractivity (Wildman–Crippen MR) is 257 cm³/mol. The molecule has 0 rings (SSSR count). The lowest BCUT2D eigenvalue weighted by atomic mass is 10.0. The van der Waals surface area contributed by atoms with Crippen molar-refractivity contribution < 1.29 is 38.2 Å². The minimum atomic E-state index is -0.876. The van der Waals surface area contributed by atoms with Gasteiger partial charge in [-0.1, -0.05) is 178 Å². The summed E-state index contributed by atoms with van der Waals surface area (Å²) in [5.41, 5.74) is 0. The van der Waals surface area contributed by atoms with Crippen molar-refractivity contribution in [2.75, 3.05) is 41.0 Å². The smallest absolute Gasteiger partial charge is 0.362 e. The molecule has 0 saturated heterocycles. The zero-order chi connectivity index (χ0) is 44.9. The molecule has 0 fully saturated rings. The van der Waals surface area contributed by atoms with E-state index in [1.165, 1.54) is 116 Å². The Bertz CT molecular complexity index is 1140. The monoisotopic (exact) mass is 859 g/mol. The fourth-order valence-corrected chi connectivity index (χ4v) is 7.34. The van der Waals surface area contributed by atoms with Gasteiger partial charge in [0.2, 0.25) is 0 Å². The van der Waals surface area contributed by atoms with E-state index in [9.17, 15) is 19.5 Å². The molecule has 61 heavy (non-hydrogen) atoms. The van der Waals surface area contributed by atoms with Crippen LogP contribution in [0.5, 0.6) is 0 Å². The van der Waals surface area contributed by atoms with Crippen LogP contribution < -0.4 is 0 Å². The van der Waals surface area contributed by atoms with E-state index < -0.39 is 18.1 Å². The van der Waals surface area contributed by atoms with Crippen LogP contribution in [-0.2, 0) is 28.6 Å². The molecular weight excluding hydrogens is 763 g/mol. The first-order valence-corrected chi connectivity index (χ1v) is 25.2. The van der Waals surface area contributed by atoms with Gasteiger partial charge < -0.3 is 23.8 Å². The van der Waals surface area contributed by atoms with Gasteiger partial charge in [-0.2, -0.15) is 0 Å². The number of likely N-dealkylation sites (N-methyl/N-ethyl adjacent to an activating group) is 1. The maximum absolute atomic E-state index is 12.8. The topological polar surface area (TPSA) is 99.1 Å². The van der Waals surface area contributed by atoms with Crippen molar-refractivity contribution in [1.82, 2.24) is 0 Å². The van der Waals surface area contributed by atoms with Crippen LogP contribution in [0.2, 0.25) is 0 Å². The number of rotatable bonds is 45. The molecule has 0 spiro atoms. The van der Waals surface area contributed by atoms with Crippen LogP contribution in [0.25, 0.3) is 0 Å². The van der Waals surface area contributed by atoms with Crippen LogP contribution in [-0.4, -0.2) is 80.6 Å². The second-order valence-electron chi connectivity index (χ2n) is 18.0. The van der Waals surface area contributed by atoms with Crippen LogP contribution in [0.1, 0.15) is 219 Å². The largest absolute Gasteiger partial charge is 0.477 e. The zero-order valence-electron chi connectivity index (χ0n) is 40.4. The molecule has 0 aromatic carbocycles. The predicted octanol–water partition coefficient (Wildman–Crippen LogP) is 14.4. The summed E-state index contributed by atoms with van der Waals surface area (Å²) in [6.45, 7) is 4.63. The summed E-state index contributed by atoms with van der Waals surface area (Å²) in [5.74, 6) is -1.47. The third kappa shape index (κ3) is 42.4. The number of quaternary nitrogens is 1. The van der Waals surface area contributed by atoms with Gasteiger partial charge >= 0.3 is 17.9 Å². The Hall–Kier alpha value is -2.71. The molecule has 0 amide bonds. The van der Waals surface area contributed by atoms with Crippen LogP contribution in [0, 0.1) is 0 Å². The molecule has 0 aliphatic heterocycles. The van der Waals surface area contributed by atoms with E-state index in [2.05, 4.69) is 62.5 Å². The van der Waals surface area contributed by atoms with Crippen molar-refractivity contribution >= 4 is 17.9 Å². The van der Waals surface area contributed by atoms with Gasteiger partial charge in [-0.3, -0.25) is 9.59 Å². The molecule has 0 aliphatic rings. The molecule has 0 saturated carbocycles. The standard InChI is InChI=1S/C53H95NO7/c1-6-8-10-12-14-16-18-20-22-24-25-26-27-28-30-31-33-35-37-39-41-43-51(55)60-48-49(47-59-46-45-50(53(57)58)54(3,4)5)61-52(56)44-42-40-38-36-34-32-29-23-21-19-17-15-13-11-9-7-2/h8,10,14,16,20,22-23,29,49-50H,6-7,9,11-13,15,17-19,21,24-28,30-48H2,1-5H3/p+1/b10-8+,16-14+,22-20+,29-23+. The van der Waals surface area contributed by atoms with Crippen LogP contribution in [0.4, 0.5) is 0 Å². The Morgan fingerprint density at radius 1 is 0.508 bits per heavy atom. The number of hydrogen-bond acceptors (Lipinski definition) is 6. The Balaban J connectivity index is 4.24. The lowest BCUT2D eigenvalue weighted by Crippen LogP contribution is -2.50. The first kappa shape index (κ1) is 58.3. The van der Waals surface area contributed by atoms with E-state index in [1.54, 1.807) is 0 Å². The van der Waals surface area contributed by atoms with Gasteiger partial charge in [0.25, 0.3) is 0 Å². The highest BCUT2D eigenvalue weighted by molar-refractivity contribution is 5.72. The average Bonchev–Trinajstić information content (AvgIpc) is 3.22. The maximum atomic E-state index is 12.8. The van der Waals surface area contributed by atoms with Crippen molar-refractivity contribution in [3.63, 3.8) is 0 Å².